The molecule has 0 fully saturated rings. The largest absolute Gasteiger partial charge is 0.313 e. The first-order valence-electron chi connectivity index (χ1n) is 4.28. The fourth-order valence-electron chi connectivity index (χ4n) is 0.933. The summed E-state index contributed by atoms with van der Waals surface area (Å²) in [6, 6.07) is 0.383. The van der Waals surface area contributed by atoms with Crippen molar-refractivity contribution < 1.29 is 4.21 Å². The van der Waals surface area contributed by atoms with Crippen LogP contribution >= 0.6 is 11.8 Å². The van der Waals surface area contributed by atoms with Crippen LogP contribution in [0.3, 0.4) is 0 Å². The van der Waals surface area contributed by atoms with Crippen LogP contribution in [-0.2, 0) is 10.8 Å². The third-order valence-electron chi connectivity index (χ3n) is 1.43. The van der Waals surface area contributed by atoms with Gasteiger partial charge >= 0.3 is 0 Å². The van der Waals surface area contributed by atoms with Gasteiger partial charge in [0.25, 0.3) is 0 Å². The van der Waals surface area contributed by atoms with Crippen molar-refractivity contribution in [1.29, 1.82) is 0 Å². The van der Waals surface area contributed by atoms with Gasteiger partial charge in [-0.15, -0.1) is 0 Å². The highest BCUT2D eigenvalue weighted by molar-refractivity contribution is 7.99. The van der Waals surface area contributed by atoms with Gasteiger partial charge in [0.1, 0.15) is 0 Å². The Morgan fingerprint density at radius 3 is 2.75 bits per heavy atom. The molecule has 0 aliphatic heterocycles. The Kier molecular flexibility index (Phi) is 8.39. The molecule has 0 aromatic rings. The van der Waals surface area contributed by atoms with Crippen molar-refractivity contribution in [2.75, 3.05) is 30.1 Å². The average molecular weight is 209 g/mol. The van der Waals surface area contributed by atoms with E-state index in [2.05, 4.69) is 19.2 Å². The number of hydrogen-bond acceptors (Lipinski definition) is 3. The molecule has 2 nitrogen and oxygen atoms in total. The van der Waals surface area contributed by atoms with E-state index in [0.29, 0.717) is 6.04 Å². The van der Waals surface area contributed by atoms with Gasteiger partial charge < -0.3 is 5.32 Å². The normalized spacial score (nSPS) is 15.9. The molecule has 2 unspecified atom stereocenters. The monoisotopic (exact) mass is 209 g/mol. The zero-order valence-electron chi connectivity index (χ0n) is 8.13. The van der Waals surface area contributed by atoms with E-state index >= 15 is 0 Å². The van der Waals surface area contributed by atoms with Crippen molar-refractivity contribution in [2.24, 2.45) is 0 Å². The van der Waals surface area contributed by atoms with Crippen molar-refractivity contribution >= 4 is 22.6 Å². The molecule has 0 aromatic heterocycles. The van der Waals surface area contributed by atoms with Crippen LogP contribution in [-0.4, -0.2) is 40.3 Å². The third kappa shape index (κ3) is 8.56. The molecule has 0 bridgehead atoms. The Morgan fingerprint density at radius 2 is 2.25 bits per heavy atom. The van der Waals surface area contributed by atoms with E-state index in [1.54, 1.807) is 6.26 Å². The van der Waals surface area contributed by atoms with Crippen molar-refractivity contribution in [3.8, 4) is 0 Å². The SMILES string of the molecule is CCSCCNC(C)CS(C)=O. The van der Waals surface area contributed by atoms with Crippen molar-refractivity contribution in [3.05, 3.63) is 0 Å². The van der Waals surface area contributed by atoms with Crippen LogP contribution in [0.2, 0.25) is 0 Å². The molecule has 0 rings (SSSR count). The van der Waals surface area contributed by atoms with E-state index in [9.17, 15) is 4.21 Å². The average Bonchev–Trinajstić information content (AvgIpc) is 1.97. The van der Waals surface area contributed by atoms with E-state index in [0.717, 1.165) is 18.1 Å². The quantitative estimate of drug-likeness (QED) is 0.637. The number of thioether (sulfide) groups is 1. The predicted octanol–water partition coefficient (Wildman–Crippen LogP) is 1.10. The maximum absolute atomic E-state index is 10.8. The first-order chi connectivity index (χ1) is 5.66. The van der Waals surface area contributed by atoms with Gasteiger partial charge in [0.2, 0.25) is 0 Å². The Balaban J connectivity index is 3.19. The van der Waals surface area contributed by atoms with Gasteiger partial charge in [-0.2, -0.15) is 11.8 Å². The van der Waals surface area contributed by atoms with E-state index in [4.69, 9.17) is 0 Å². The number of nitrogens with one attached hydrogen (secondary N) is 1. The zero-order valence-corrected chi connectivity index (χ0v) is 9.76. The zero-order chi connectivity index (χ0) is 9.40. The predicted molar refractivity (Wildman–Crippen MR) is 59.4 cm³/mol. The molecular weight excluding hydrogens is 190 g/mol. The van der Waals surface area contributed by atoms with E-state index in [1.807, 2.05) is 11.8 Å². The van der Waals surface area contributed by atoms with Crippen LogP contribution in [0, 0.1) is 0 Å². The molecule has 0 aliphatic carbocycles. The van der Waals surface area contributed by atoms with E-state index in [1.165, 1.54) is 5.75 Å². The minimum Gasteiger partial charge on any atom is -0.313 e. The summed E-state index contributed by atoms with van der Waals surface area (Å²) in [6.07, 6.45) is 1.75. The van der Waals surface area contributed by atoms with Crippen molar-refractivity contribution in [2.45, 2.75) is 19.9 Å². The lowest BCUT2D eigenvalue weighted by Crippen LogP contribution is -2.32. The lowest BCUT2D eigenvalue weighted by molar-refractivity contribution is 0.611. The van der Waals surface area contributed by atoms with Gasteiger partial charge in [0.05, 0.1) is 0 Å². The summed E-state index contributed by atoms with van der Waals surface area (Å²) in [7, 11) is -0.672. The molecule has 0 saturated heterocycles. The highest BCUT2D eigenvalue weighted by Gasteiger charge is 2.01. The maximum Gasteiger partial charge on any atom is 0.0383 e. The number of rotatable bonds is 7. The summed E-state index contributed by atoms with van der Waals surface area (Å²) in [5.74, 6) is 3.09. The minimum atomic E-state index is -0.672. The minimum absolute atomic E-state index is 0.383. The van der Waals surface area contributed by atoms with Gasteiger partial charge in [-0.25, -0.2) is 0 Å². The lowest BCUT2D eigenvalue weighted by atomic mass is 10.4. The van der Waals surface area contributed by atoms with Gasteiger partial charge in [0, 0.05) is 41.1 Å². The van der Waals surface area contributed by atoms with Gasteiger partial charge in [-0.3, -0.25) is 4.21 Å². The second-order valence-electron chi connectivity index (χ2n) is 2.79. The molecule has 2 atom stereocenters. The van der Waals surface area contributed by atoms with E-state index < -0.39 is 10.8 Å². The standard InChI is InChI=1S/C8H19NOS2/c1-4-11-6-5-9-8(2)7-12(3)10/h8-9H,4-7H2,1-3H3. The van der Waals surface area contributed by atoms with Crippen LogP contribution in [0.1, 0.15) is 13.8 Å². The fourth-order valence-corrected chi connectivity index (χ4v) is 2.31. The first-order valence-corrected chi connectivity index (χ1v) is 7.16. The molecule has 0 aliphatic rings. The molecular formula is C8H19NOS2. The molecule has 0 amide bonds. The topological polar surface area (TPSA) is 29.1 Å². The Labute approximate surface area is 82.3 Å². The summed E-state index contributed by atoms with van der Waals surface area (Å²) in [5.41, 5.74) is 0. The molecule has 0 heterocycles. The lowest BCUT2D eigenvalue weighted by Gasteiger charge is -2.11. The van der Waals surface area contributed by atoms with Crippen molar-refractivity contribution in [3.63, 3.8) is 0 Å². The van der Waals surface area contributed by atoms with Crippen LogP contribution in [0.5, 0.6) is 0 Å². The molecule has 0 spiro atoms. The van der Waals surface area contributed by atoms with Gasteiger partial charge in [-0.1, -0.05) is 6.92 Å². The summed E-state index contributed by atoms with van der Waals surface area (Å²) in [4.78, 5) is 0. The summed E-state index contributed by atoms with van der Waals surface area (Å²) in [5, 5.41) is 3.33. The van der Waals surface area contributed by atoms with Crippen LogP contribution in [0.4, 0.5) is 0 Å². The molecule has 4 heteroatoms. The van der Waals surface area contributed by atoms with Crippen molar-refractivity contribution in [1.82, 2.24) is 5.32 Å². The van der Waals surface area contributed by atoms with Crippen LogP contribution in [0.25, 0.3) is 0 Å². The summed E-state index contributed by atoms with van der Waals surface area (Å²) in [6.45, 7) is 5.27. The summed E-state index contributed by atoms with van der Waals surface area (Å²) >= 11 is 1.93. The fraction of sp³-hybridized carbons (Fsp3) is 1.00. The Hall–Kier alpha value is 0.460. The third-order valence-corrected chi connectivity index (χ3v) is 3.30. The van der Waals surface area contributed by atoms with E-state index in [-0.39, 0.29) is 0 Å². The molecule has 12 heavy (non-hydrogen) atoms. The highest BCUT2D eigenvalue weighted by Crippen LogP contribution is 1.95. The smallest absolute Gasteiger partial charge is 0.0383 e. The molecule has 0 aromatic carbocycles. The molecule has 0 saturated carbocycles. The van der Waals surface area contributed by atoms with Gasteiger partial charge in [0.15, 0.2) is 0 Å². The highest BCUT2D eigenvalue weighted by atomic mass is 32.2. The molecule has 1 N–H and O–H groups in total. The van der Waals surface area contributed by atoms with Crippen LogP contribution < -0.4 is 5.32 Å². The number of hydrogen-bond donors (Lipinski definition) is 1. The molecule has 0 radical (unpaired) electrons. The second-order valence-corrected chi connectivity index (χ2v) is 5.67. The van der Waals surface area contributed by atoms with Crippen LogP contribution in [0.15, 0.2) is 0 Å². The second kappa shape index (κ2) is 8.08. The Morgan fingerprint density at radius 1 is 1.58 bits per heavy atom. The summed E-state index contributed by atoms with van der Waals surface area (Å²) < 4.78 is 10.8. The Bertz CT molecular complexity index is 130. The molecule has 74 valence electrons. The van der Waals surface area contributed by atoms with Gasteiger partial charge in [-0.05, 0) is 12.7 Å². The maximum atomic E-state index is 10.8. The first kappa shape index (κ1) is 12.5.